The molecule has 0 aliphatic carbocycles. The average Bonchev–Trinajstić information content (AvgIpc) is 3.00. The summed E-state index contributed by atoms with van der Waals surface area (Å²) in [7, 11) is 0. The second kappa shape index (κ2) is 9.79. The fraction of sp³-hybridized carbons (Fsp3) is 0.562. The largest absolute Gasteiger partial charge is 0.377 e. The van der Waals surface area contributed by atoms with Gasteiger partial charge >= 0.3 is 0 Å². The normalized spacial score (nSPS) is 20.5. The first-order valence-electron chi connectivity index (χ1n) is 7.52. The van der Waals surface area contributed by atoms with E-state index in [1.807, 2.05) is 31.2 Å². The van der Waals surface area contributed by atoms with Crippen molar-refractivity contribution in [3.8, 4) is 0 Å². The molecular weight excluding hydrogens is 304 g/mol. The lowest BCUT2D eigenvalue weighted by molar-refractivity contribution is -0.132. The summed E-state index contributed by atoms with van der Waals surface area (Å²) in [6, 6.07) is 7.97. The predicted octanol–water partition coefficient (Wildman–Crippen LogP) is 1.77. The lowest BCUT2D eigenvalue weighted by Crippen LogP contribution is -2.35. The van der Waals surface area contributed by atoms with Crippen molar-refractivity contribution >= 4 is 18.3 Å². The van der Waals surface area contributed by atoms with Crippen LogP contribution in [-0.4, -0.2) is 31.3 Å². The average molecular weight is 329 g/mol. The summed E-state index contributed by atoms with van der Waals surface area (Å²) in [6.07, 6.45) is 1.26. The van der Waals surface area contributed by atoms with Crippen LogP contribution in [0.5, 0.6) is 0 Å². The molecule has 0 radical (unpaired) electrons. The highest BCUT2D eigenvalue weighted by molar-refractivity contribution is 5.85. The van der Waals surface area contributed by atoms with Crippen LogP contribution in [0.15, 0.2) is 24.3 Å². The van der Waals surface area contributed by atoms with Crippen molar-refractivity contribution < 1.29 is 14.3 Å². The summed E-state index contributed by atoms with van der Waals surface area (Å²) in [5.74, 6) is -0.0582. The van der Waals surface area contributed by atoms with E-state index in [9.17, 15) is 4.79 Å². The maximum absolute atomic E-state index is 12.1. The Bertz CT molecular complexity index is 470. The molecular formula is C16H25ClN2O3. The first kappa shape index (κ1) is 18.9. The Labute approximate surface area is 138 Å². The van der Waals surface area contributed by atoms with Gasteiger partial charge in [-0.05, 0) is 30.9 Å². The summed E-state index contributed by atoms with van der Waals surface area (Å²) in [6.45, 7) is 4.18. The monoisotopic (exact) mass is 328 g/mol. The van der Waals surface area contributed by atoms with Crippen LogP contribution < -0.4 is 11.1 Å². The number of carbonyl (C=O) groups excluding carboxylic acids is 1. The molecule has 2 rings (SSSR count). The molecule has 1 saturated heterocycles. The van der Waals surface area contributed by atoms with Crippen LogP contribution in [0.2, 0.25) is 0 Å². The van der Waals surface area contributed by atoms with Crippen molar-refractivity contribution in [1.29, 1.82) is 0 Å². The van der Waals surface area contributed by atoms with Gasteiger partial charge in [-0.3, -0.25) is 4.79 Å². The van der Waals surface area contributed by atoms with Crippen molar-refractivity contribution in [2.24, 2.45) is 5.73 Å². The second-order valence-electron chi connectivity index (χ2n) is 5.18. The van der Waals surface area contributed by atoms with Gasteiger partial charge < -0.3 is 20.5 Å². The molecule has 1 amide bonds. The Morgan fingerprint density at radius 3 is 2.73 bits per heavy atom. The number of amides is 1. The van der Waals surface area contributed by atoms with Crippen molar-refractivity contribution in [2.45, 2.75) is 45.1 Å². The highest BCUT2D eigenvalue weighted by Crippen LogP contribution is 2.19. The summed E-state index contributed by atoms with van der Waals surface area (Å²) < 4.78 is 11.0. The maximum atomic E-state index is 12.1. The molecule has 3 N–H and O–H groups in total. The minimum atomic E-state index is -0.363. The molecule has 1 fully saturated rings. The Kier molecular flexibility index (Phi) is 8.42. The van der Waals surface area contributed by atoms with Gasteiger partial charge in [-0.2, -0.15) is 0 Å². The molecule has 1 aliphatic rings. The zero-order valence-electron chi connectivity index (χ0n) is 12.9. The van der Waals surface area contributed by atoms with E-state index in [-0.39, 0.29) is 30.5 Å². The molecule has 0 bridgehead atoms. The number of nitrogens with two attached hydrogens (primary N) is 1. The van der Waals surface area contributed by atoms with Crippen LogP contribution in [-0.2, 0) is 27.4 Å². The summed E-state index contributed by atoms with van der Waals surface area (Å²) in [5.41, 5.74) is 7.74. The van der Waals surface area contributed by atoms with E-state index in [0.29, 0.717) is 26.3 Å². The van der Waals surface area contributed by atoms with E-state index in [0.717, 1.165) is 24.0 Å². The number of carbonyl (C=O) groups is 1. The molecule has 0 aromatic heterocycles. The number of nitrogens with one attached hydrogen (secondary N) is 1. The first-order chi connectivity index (χ1) is 10.2. The maximum Gasteiger partial charge on any atom is 0.249 e. The van der Waals surface area contributed by atoms with Crippen LogP contribution in [0.3, 0.4) is 0 Å². The van der Waals surface area contributed by atoms with E-state index in [1.54, 1.807) is 0 Å². The van der Waals surface area contributed by atoms with E-state index in [1.165, 1.54) is 0 Å². The minimum absolute atomic E-state index is 0. The smallest absolute Gasteiger partial charge is 0.249 e. The predicted molar refractivity (Wildman–Crippen MR) is 87.8 cm³/mol. The summed E-state index contributed by atoms with van der Waals surface area (Å²) in [5, 5.41) is 2.94. The lowest BCUT2D eigenvalue weighted by atomic mass is 10.1. The number of hydrogen-bond acceptors (Lipinski definition) is 4. The standard InChI is InChI=1S/C16H24N2O3.ClH/c1-2-20-11-13-6-4-3-5-12(13)10-18-16(19)15-8-7-14(9-17)21-15;/h3-6,14-15H,2,7-11,17H2,1H3,(H,18,19);1H/t14-,15+;/m1./s1. The topological polar surface area (TPSA) is 73.6 Å². The van der Waals surface area contributed by atoms with Crippen molar-refractivity contribution in [3.63, 3.8) is 0 Å². The summed E-state index contributed by atoms with van der Waals surface area (Å²) >= 11 is 0. The van der Waals surface area contributed by atoms with Crippen molar-refractivity contribution in [3.05, 3.63) is 35.4 Å². The molecule has 0 spiro atoms. The van der Waals surface area contributed by atoms with Crippen LogP contribution in [0, 0.1) is 0 Å². The van der Waals surface area contributed by atoms with Crippen LogP contribution in [0.1, 0.15) is 30.9 Å². The quantitative estimate of drug-likeness (QED) is 0.800. The SMILES string of the molecule is CCOCc1ccccc1CNC(=O)[C@@H]1CC[C@H](CN)O1.Cl. The fourth-order valence-corrected chi connectivity index (χ4v) is 2.45. The first-order valence-corrected chi connectivity index (χ1v) is 7.52. The molecule has 0 saturated carbocycles. The van der Waals surface area contributed by atoms with Gasteiger partial charge in [0.05, 0.1) is 12.7 Å². The zero-order chi connectivity index (χ0) is 15.1. The summed E-state index contributed by atoms with van der Waals surface area (Å²) in [4.78, 5) is 12.1. The highest BCUT2D eigenvalue weighted by atomic mass is 35.5. The number of hydrogen-bond donors (Lipinski definition) is 2. The van der Waals surface area contributed by atoms with E-state index < -0.39 is 0 Å². The number of benzene rings is 1. The molecule has 6 heteroatoms. The number of ether oxygens (including phenoxy) is 2. The van der Waals surface area contributed by atoms with Gasteiger partial charge in [0.1, 0.15) is 6.10 Å². The molecule has 1 aromatic rings. The molecule has 5 nitrogen and oxygen atoms in total. The molecule has 0 unspecified atom stereocenters. The van der Waals surface area contributed by atoms with Gasteiger partial charge in [0.15, 0.2) is 0 Å². The third-order valence-electron chi connectivity index (χ3n) is 3.70. The van der Waals surface area contributed by atoms with E-state index >= 15 is 0 Å². The Morgan fingerprint density at radius 1 is 1.36 bits per heavy atom. The van der Waals surface area contributed by atoms with Crippen molar-refractivity contribution in [1.82, 2.24) is 5.32 Å². The third-order valence-corrected chi connectivity index (χ3v) is 3.70. The van der Waals surface area contributed by atoms with Crippen LogP contribution in [0.4, 0.5) is 0 Å². The highest BCUT2D eigenvalue weighted by Gasteiger charge is 2.29. The zero-order valence-corrected chi connectivity index (χ0v) is 13.7. The molecule has 1 heterocycles. The van der Waals surface area contributed by atoms with Gasteiger partial charge in [0, 0.05) is 19.7 Å². The van der Waals surface area contributed by atoms with Crippen LogP contribution >= 0.6 is 12.4 Å². The third kappa shape index (κ3) is 5.25. The van der Waals surface area contributed by atoms with Crippen LogP contribution in [0.25, 0.3) is 0 Å². The van der Waals surface area contributed by atoms with E-state index in [4.69, 9.17) is 15.2 Å². The van der Waals surface area contributed by atoms with Crippen molar-refractivity contribution in [2.75, 3.05) is 13.2 Å². The lowest BCUT2D eigenvalue weighted by Gasteiger charge is -2.14. The second-order valence-corrected chi connectivity index (χ2v) is 5.18. The molecule has 22 heavy (non-hydrogen) atoms. The van der Waals surface area contributed by atoms with Gasteiger partial charge in [-0.1, -0.05) is 24.3 Å². The van der Waals surface area contributed by atoms with Gasteiger partial charge in [-0.25, -0.2) is 0 Å². The van der Waals surface area contributed by atoms with E-state index in [2.05, 4.69) is 5.32 Å². The number of rotatable bonds is 7. The molecule has 1 aromatic carbocycles. The van der Waals surface area contributed by atoms with Gasteiger partial charge in [0.2, 0.25) is 5.91 Å². The Morgan fingerprint density at radius 2 is 2.09 bits per heavy atom. The Balaban J connectivity index is 0.00000242. The number of halogens is 1. The molecule has 124 valence electrons. The minimum Gasteiger partial charge on any atom is -0.377 e. The van der Waals surface area contributed by atoms with Gasteiger partial charge in [-0.15, -0.1) is 12.4 Å². The Hall–Kier alpha value is -1.14. The fourth-order valence-electron chi connectivity index (χ4n) is 2.45. The molecule has 2 atom stereocenters. The molecule has 1 aliphatic heterocycles. The van der Waals surface area contributed by atoms with Gasteiger partial charge in [0.25, 0.3) is 0 Å².